The monoisotopic (exact) mass is 1200 g/mol. The minimum Gasteiger partial charge on any atom is -0.394 e. The fourth-order valence-corrected chi connectivity index (χ4v) is 10.9. The van der Waals surface area contributed by atoms with E-state index in [1.807, 2.05) is 6.08 Å². The first-order valence-corrected chi connectivity index (χ1v) is 32.9. The largest absolute Gasteiger partial charge is 0.394 e. The van der Waals surface area contributed by atoms with Crippen LogP contribution in [0.2, 0.25) is 0 Å². The molecule has 1 amide bonds. The summed E-state index contributed by atoms with van der Waals surface area (Å²) in [7, 11) is 0. The average Bonchev–Trinajstić information content (AvgIpc) is 2.79. The molecule has 3 aliphatic rings. The van der Waals surface area contributed by atoms with Crippen molar-refractivity contribution in [3.63, 3.8) is 0 Å². The molecule has 84 heavy (non-hydrogen) atoms. The van der Waals surface area contributed by atoms with Crippen LogP contribution in [0, 0.1) is 0 Å². The molecule has 0 saturated carbocycles. The minimum absolute atomic E-state index is 0.231. The van der Waals surface area contributed by atoms with E-state index in [9.17, 15) is 61.0 Å². The maximum absolute atomic E-state index is 13.4. The molecule has 0 spiro atoms. The number of allylic oxidation sites excluding steroid dienone is 7. The normalized spacial score (nSPS) is 29.5. The van der Waals surface area contributed by atoms with Gasteiger partial charge in [-0.1, -0.05) is 197 Å². The molecule has 0 bridgehead atoms. The Kier molecular flexibility index (Phi) is 43.2. The SMILES string of the molecule is CCCCCCCC/C=C/CC/C=C/CC/C=C/C(O)C(COC1OC(CO)C(OC2OC(CO)C(OC3OC(CO)C(O)C(O)C3O)C(O)C2O)C(O)C1O)NC(=O)CCCCCCCCCCCCC/C=C\CCCCCCCCCC. The van der Waals surface area contributed by atoms with E-state index in [1.165, 1.54) is 148 Å². The summed E-state index contributed by atoms with van der Waals surface area (Å²) in [6.45, 7) is 1.69. The van der Waals surface area contributed by atoms with Crippen LogP contribution in [-0.2, 0) is 33.2 Å². The molecule has 3 heterocycles. The fourth-order valence-electron chi connectivity index (χ4n) is 10.9. The number of hydrogen-bond acceptors (Lipinski definition) is 18. The molecule has 19 heteroatoms. The van der Waals surface area contributed by atoms with Crippen molar-refractivity contribution in [3.05, 3.63) is 48.6 Å². The Hall–Kier alpha value is -2.25. The number of hydrogen-bond donors (Lipinski definition) is 12. The van der Waals surface area contributed by atoms with E-state index < -0.39 is 124 Å². The summed E-state index contributed by atoms with van der Waals surface area (Å²) in [5.41, 5.74) is 0. The van der Waals surface area contributed by atoms with Crippen molar-refractivity contribution < 1.29 is 89.4 Å². The Morgan fingerprint density at radius 1 is 0.417 bits per heavy atom. The molecule has 490 valence electrons. The Balaban J connectivity index is 1.47. The van der Waals surface area contributed by atoms with Crippen LogP contribution < -0.4 is 5.32 Å². The van der Waals surface area contributed by atoms with E-state index in [0.29, 0.717) is 12.8 Å². The third-order valence-electron chi connectivity index (χ3n) is 16.3. The van der Waals surface area contributed by atoms with Crippen molar-refractivity contribution >= 4 is 5.91 Å². The Morgan fingerprint density at radius 3 is 1.19 bits per heavy atom. The molecule has 3 saturated heterocycles. The van der Waals surface area contributed by atoms with E-state index >= 15 is 0 Å². The second kappa shape index (κ2) is 47.7. The molecule has 0 aromatic carbocycles. The molecule has 0 aromatic rings. The van der Waals surface area contributed by atoms with Crippen molar-refractivity contribution in [2.24, 2.45) is 0 Å². The van der Waals surface area contributed by atoms with Crippen LogP contribution >= 0.6 is 0 Å². The second-order valence-electron chi connectivity index (χ2n) is 23.6. The van der Waals surface area contributed by atoms with Crippen LogP contribution in [-0.4, -0.2) is 193 Å². The van der Waals surface area contributed by atoms with Gasteiger partial charge in [-0.25, -0.2) is 0 Å². The number of ether oxygens (including phenoxy) is 6. The zero-order chi connectivity index (χ0) is 61.2. The van der Waals surface area contributed by atoms with Gasteiger partial charge in [0.05, 0.1) is 38.6 Å². The van der Waals surface area contributed by atoms with Gasteiger partial charge < -0.3 is 89.9 Å². The van der Waals surface area contributed by atoms with E-state index in [0.717, 1.165) is 44.9 Å². The minimum atomic E-state index is -1.98. The van der Waals surface area contributed by atoms with Gasteiger partial charge in [0.1, 0.15) is 73.2 Å². The standard InChI is InChI=1S/C65H117NO18/c1-3-5-7-9-11-13-15-17-19-21-22-23-24-25-26-27-29-31-33-35-37-39-41-43-53(71)66-48(49(70)42-40-38-36-34-32-30-28-20-18-16-14-12-10-8-6-4-2)47-79-63-59(77)56(74)61(51(45-68)81-63)84-65-60(78)57(75)62(52(46-69)82-65)83-64-58(76)55(73)54(72)50(44-67)80-64/h18,20-22,32,34,40,42,48-52,54-65,67-70,72-78H,3-17,19,23-31,33,35-39,41,43-47H2,1-2H3,(H,66,71)/b20-18+,22-21-,34-32+,42-40+. The maximum atomic E-state index is 13.4. The topological polar surface area (TPSA) is 307 Å². The first-order valence-electron chi connectivity index (χ1n) is 32.9. The van der Waals surface area contributed by atoms with Gasteiger partial charge in [-0.05, 0) is 70.6 Å². The van der Waals surface area contributed by atoms with Gasteiger partial charge in [0.15, 0.2) is 18.9 Å². The van der Waals surface area contributed by atoms with Crippen molar-refractivity contribution in [1.29, 1.82) is 0 Å². The maximum Gasteiger partial charge on any atom is 0.220 e. The van der Waals surface area contributed by atoms with Crippen molar-refractivity contribution in [3.8, 4) is 0 Å². The molecule has 0 radical (unpaired) electrons. The van der Waals surface area contributed by atoms with Gasteiger partial charge in [0.2, 0.25) is 5.91 Å². The molecule has 0 aromatic heterocycles. The molecule has 0 aliphatic carbocycles. The second-order valence-corrected chi connectivity index (χ2v) is 23.6. The lowest BCUT2D eigenvalue weighted by Gasteiger charge is -2.48. The first kappa shape index (κ1) is 76.0. The number of unbranched alkanes of at least 4 members (excludes halogenated alkanes) is 27. The van der Waals surface area contributed by atoms with Gasteiger partial charge in [0.25, 0.3) is 0 Å². The van der Waals surface area contributed by atoms with Crippen LogP contribution in [0.3, 0.4) is 0 Å². The third-order valence-corrected chi connectivity index (χ3v) is 16.3. The van der Waals surface area contributed by atoms with Crippen LogP contribution in [0.15, 0.2) is 48.6 Å². The number of rotatable bonds is 49. The van der Waals surface area contributed by atoms with E-state index in [4.69, 9.17) is 28.4 Å². The zero-order valence-corrected chi connectivity index (χ0v) is 51.4. The predicted octanol–water partition coefficient (Wildman–Crippen LogP) is 7.43. The molecule has 17 atom stereocenters. The average molecular weight is 1200 g/mol. The lowest BCUT2D eigenvalue weighted by molar-refractivity contribution is -0.379. The van der Waals surface area contributed by atoms with Crippen LogP contribution in [0.4, 0.5) is 0 Å². The van der Waals surface area contributed by atoms with E-state index in [1.54, 1.807) is 6.08 Å². The number of carbonyl (C=O) groups excluding carboxylic acids is 1. The van der Waals surface area contributed by atoms with Crippen molar-refractivity contribution in [1.82, 2.24) is 5.32 Å². The first-order chi connectivity index (χ1) is 40.8. The summed E-state index contributed by atoms with van der Waals surface area (Å²) in [6.07, 6.45) is 28.0. The smallest absolute Gasteiger partial charge is 0.220 e. The highest BCUT2D eigenvalue weighted by molar-refractivity contribution is 5.76. The highest BCUT2D eigenvalue weighted by Gasteiger charge is 2.53. The van der Waals surface area contributed by atoms with Gasteiger partial charge >= 0.3 is 0 Å². The quantitative estimate of drug-likeness (QED) is 0.0208. The van der Waals surface area contributed by atoms with Gasteiger partial charge in [-0.2, -0.15) is 0 Å². The summed E-state index contributed by atoms with van der Waals surface area (Å²) in [5.74, 6) is -0.291. The van der Waals surface area contributed by atoms with Crippen LogP contribution in [0.25, 0.3) is 0 Å². The van der Waals surface area contributed by atoms with Gasteiger partial charge in [0, 0.05) is 6.42 Å². The van der Waals surface area contributed by atoms with E-state index in [-0.39, 0.29) is 18.9 Å². The molecule has 12 N–H and O–H groups in total. The van der Waals surface area contributed by atoms with E-state index in [2.05, 4.69) is 55.6 Å². The highest BCUT2D eigenvalue weighted by Crippen LogP contribution is 2.33. The number of carbonyl (C=O) groups is 1. The molecule has 3 rings (SSSR count). The van der Waals surface area contributed by atoms with Crippen molar-refractivity contribution in [2.75, 3.05) is 26.4 Å². The lowest BCUT2D eigenvalue weighted by atomic mass is 9.96. The fraction of sp³-hybridized carbons (Fsp3) is 0.862. The summed E-state index contributed by atoms with van der Waals surface area (Å²) in [5, 5.41) is 120. The molecule has 3 fully saturated rings. The summed E-state index contributed by atoms with van der Waals surface area (Å²) in [4.78, 5) is 13.4. The van der Waals surface area contributed by atoms with Gasteiger partial charge in [-0.3, -0.25) is 4.79 Å². The van der Waals surface area contributed by atoms with Crippen molar-refractivity contribution in [2.45, 2.75) is 330 Å². The number of amides is 1. The Morgan fingerprint density at radius 2 is 0.762 bits per heavy atom. The number of nitrogens with one attached hydrogen (secondary N) is 1. The van der Waals surface area contributed by atoms with Crippen LogP contribution in [0.5, 0.6) is 0 Å². The zero-order valence-electron chi connectivity index (χ0n) is 51.4. The highest BCUT2D eigenvalue weighted by atomic mass is 16.8. The summed E-state index contributed by atoms with van der Waals surface area (Å²) < 4.78 is 34.3. The number of aliphatic hydroxyl groups excluding tert-OH is 11. The summed E-state index contributed by atoms with van der Waals surface area (Å²) in [6, 6.07) is -0.997. The Labute approximate surface area is 503 Å². The molecule has 19 nitrogen and oxygen atoms in total. The lowest BCUT2D eigenvalue weighted by Crippen LogP contribution is -2.66. The Bertz CT molecular complexity index is 1720. The van der Waals surface area contributed by atoms with Crippen LogP contribution in [0.1, 0.15) is 226 Å². The third kappa shape index (κ3) is 30.3. The molecule has 17 unspecified atom stereocenters. The van der Waals surface area contributed by atoms with Gasteiger partial charge in [-0.15, -0.1) is 0 Å². The molecular formula is C65H117NO18. The number of aliphatic hydroxyl groups is 11. The predicted molar refractivity (Wildman–Crippen MR) is 323 cm³/mol. The molecule has 3 aliphatic heterocycles. The summed E-state index contributed by atoms with van der Waals surface area (Å²) >= 11 is 0. The molecular weight excluding hydrogens is 1080 g/mol.